The molecule has 1 heterocycles. The van der Waals surface area contributed by atoms with Gasteiger partial charge in [-0.3, -0.25) is 9.48 Å². The van der Waals surface area contributed by atoms with E-state index < -0.39 is 32.5 Å². The fraction of sp³-hybridized carbons (Fsp3) is 0.200. The highest BCUT2D eigenvalue weighted by Gasteiger charge is 2.19. The number of aromatic nitrogens is 2. The first-order valence-corrected chi connectivity index (χ1v) is 13.9. The van der Waals surface area contributed by atoms with Crippen LogP contribution in [0.2, 0.25) is 0 Å². The van der Waals surface area contributed by atoms with Gasteiger partial charge in [0.1, 0.15) is 0 Å². The van der Waals surface area contributed by atoms with E-state index in [0.717, 1.165) is 35.6 Å². The fourth-order valence-electron chi connectivity index (χ4n) is 3.97. The smallest absolute Gasteiger partial charge is 0.264 e. The molecule has 4 rings (SSSR count). The van der Waals surface area contributed by atoms with E-state index in [1.165, 1.54) is 5.56 Å². The number of hydrogen-bond donors (Lipinski definition) is 1. The second-order valence-corrected chi connectivity index (χ2v) is 10.6. The molecule has 0 bridgehead atoms. The number of carbonyl (C=O) groups excluding carboxylic acids is 1. The summed E-state index contributed by atoms with van der Waals surface area (Å²) < 4.78 is 55.2. The molecule has 0 radical (unpaired) electrons. The summed E-state index contributed by atoms with van der Waals surface area (Å²) in [6.07, 6.45) is 6.21. The highest BCUT2D eigenvalue weighted by molar-refractivity contribution is 7.90. The second kappa shape index (κ2) is 13.0. The molecule has 0 atom stereocenters. The summed E-state index contributed by atoms with van der Waals surface area (Å²) in [7, 11) is -4.34. The van der Waals surface area contributed by atoms with Gasteiger partial charge in [-0.05, 0) is 66.3 Å². The van der Waals surface area contributed by atoms with Gasteiger partial charge in [0.15, 0.2) is 11.6 Å². The van der Waals surface area contributed by atoms with Crippen LogP contribution in [0, 0.1) is 23.5 Å². The van der Waals surface area contributed by atoms with E-state index in [2.05, 4.69) is 29.1 Å². The van der Waals surface area contributed by atoms with Gasteiger partial charge < -0.3 is 0 Å². The van der Waals surface area contributed by atoms with Crippen LogP contribution in [-0.4, -0.2) is 24.1 Å². The predicted octanol–water partition coefficient (Wildman–Crippen LogP) is 5.02. The zero-order chi connectivity index (χ0) is 27.7. The lowest BCUT2D eigenvalue weighted by molar-refractivity contribution is -0.119. The van der Waals surface area contributed by atoms with Crippen molar-refractivity contribution < 1.29 is 22.0 Å². The Balaban J connectivity index is 1.43. The summed E-state index contributed by atoms with van der Waals surface area (Å²) in [6.45, 7) is 0.558. The lowest BCUT2D eigenvalue weighted by Crippen LogP contribution is -2.30. The molecule has 0 saturated heterocycles. The Bertz CT molecular complexity index is 1590. The number of nitrogens with one attached hydrogen (secondary N) is 1. The number of hydrogen-bond acceptors (Lipinski definition) is 4. The molecular formula is C30H27F2N3O3S. The Morgan fingerprint density at radius 3 is 2.49 bits per heavy atom. The van der Waals surface area contributed by atoms with Crippen molar-refractivity contribution in [2.75, 3.05) is 0 Å². The molecule has 0 aliphatic rings. The third-order valence-electron chi connectivity index (χ3n) is 5.98. The summed E-state index contributed by atoms with van der Waals surface area (Å²) in [5.41, 5.74) is 3.80. The first-order chi connectivity index (χ1) is 18.8. The number of amides is 1. The topological polar surface area (TPSA) is 81.1 Å². The maximum Gasteiger partial charge on any atom is 0.264 e. The molecule has 1 N–H and O–H groups in total. The SMILES string of the molecule is O=C(CCc1ccc(Cn2cccn2)cc1C#CCCCc1ccccc1)NS(=O)(=O)c1ccc(F)c(F)c1. The Labute approximate surface area is 226 Å². The van der Waals surface area contributed by atoms with Gasteiger partial charge in [-0.15, -0.1) is 0 Å². The molecule has 0 aliphatic heterocycles. The Hall–Kier alpha value is -4.29. The summed E-state index contributed by atoms with van der Waals surface area (Å²) in [5.74, 6) is 3.19. The van der Waals surface area contributed by atoms with Crippen LogP contribution >= 0.6 is 0 Å². The van der Waals surface area contributed by atoms with Gasteiger partial charge in [0.2, 0.25) is 5.91 Å². The van der Waals surface area contributed by atoms with Crippen molar-refractivity contribution in [2.24, 2.45) is 0 Å². The lowest BCUT2D eigenvalue weighted by Gasteiger charge is -2.10. The molecule has 9 heteroatoms. The first kappa shape index (κ1) is 27.7. The van der Waals surface area contributed by atoms with Crippen molar-refractivity contribution in [1.82, 2.24) is 14.5 Å². The van der Waals surface area contributed by atoms with Crippen molar-refractivity contribution in [3.63, 3.8) is 0 Å². The van der Waals surface area contributed by atoms with Crippen molar-refractivity contribution in [1.29, 1.82) is 0 Å². The molecule has 0 saturated carbocycles. The zero-order valence-electron chi connectivity index (χ0n) is 21.1. The number of benzene rings is 3. The standard InChI is InChI=1S/C30H27F2N3O3S/c31-28-16-15-27(21-29(28)32)39(37,38)34-30(36)17-14-25-13-12-24(22-35-19-7-18-33-35)20-26(25)11-6-2-5-10-23-8-3-1-4-9-23/h1,3-4,7-9,12-13,15-16,18-21H,2,5,10,14,17,22H2,(H,34,36). The van der Waals surface area contributed by atoms with Gasteiger partial charge in [0, 0.05) is 30.8 Å². The zero-order valence-corrected chi connectivity index (χ0v) is 21.9. The van der Waals surface area contributed by atoms with E-state index in [1.54, 1.807) is 10.9 Å². The summed E-state index contributed by atoms with van der Waals surface area (Å²) in [6, 6.07) is 19.9. The molecule has 39 heavy (non-hydrogen) atoms. The van der Waals surface area contributed by atoms with Gasteiger partial charge in [-0.25, -0.2) is 21.9 Å². The highest BCUT2D eigenvalue weighted by atomic mass is 32.2. The van der Waals surface area contributed by atoms with E-state index in [4.69, 9.17) is 0 Å². The van der Waals surface area contributed by atoms with Gasteiger partial charge in [0.25, 0.3) is 10.0 Å². The minimum Gasteiger partial charge on any atom is -0.274 e. The van der Waals surface area contributed by atoms with Crippen LogP contribution in [0.15, 0.2) is 90.1 Å². The van der Waals surface area contributed by atoms with Crippen LogP contribution in [0.5, 0.6) is 0 Å². The third kappa shape index (κ3) is 8.09. The number of unbranched alkanes of at least 4 members (excludes halogenated alkanes) is 1. The maximum absolute atomic E-state index is 13.5. The molecule has 0 aliphatic carbocycles. The van der Waals surface area contributed by atoms with Gasteiger partial charge in [-0.2, -0.15) is 5.10 Å². The van der Waals surface area contributed by atoms with Gasteiger partial charge in [-0.1, -0.05) is 54.3 Å². The van der Waals surface area contributed by atoms with Gasteiger partial charge >= 0.3 is 0 Å². The molecule has 6 nitrogen and oxygen atoms in total. The molecule has 200 valence electrons. The molecule has 1 amide bonds. The normalized spacial score (nSPS) is 11.0. The average Bonchev–Trinajstić information content (AvgIpc) is 3.43. The van der Waals surface area contributed by atoms with Crippen LogP contribution in [0.1, 0.15) is 41.5 Å². The predicted molar refractivity (Wildman–Crippen MR) is 144 cm³/mol. The van der Waals surface area contributed by atoms with E-state index in [9.17, 15) is 22.0 Å². The van der Waals surface area contributed by atoms with Gasteiger partial charge in [0.05, 0.1) is 11.4 Å². The van der Waals surface area contributed by atoms with Crippen LogP contribution in [0.25, 0.3) is 0 Å². The molecule has 0 fully saturated rings. The summed E-state index contributed by atoms with van der Waals surface area (Å²) in [5, 5.41) is 4.23. The Morgan fingerprint density at radius 2 is 1.74 bits per heavy atom. The second-order valence-electron chi connectivity index (χ2n) is 8.94. The first-order valence-electron chi connectivity index (χ1n) is 12.4. The van der Waals surface area contributed by atoms with Crippen LogP contribution in [-0.2, 0) is 34.2 Å². The minimum atomic E-state index is -4.34. The monoisotopic (exact) mass is 547 g/mol. The number of aryl methyl sites for hydroxylation is 2. The molecule has 4 aromatic rings. The number of nitrogens with zero attached hydrogens (tertiary/aromatic N) is 2. The number of halogens is 2. The van der Waals surface area contributed by atoms with Crippen molar-refractivity contribution >= 4 is 15.9 Å². The van der Waals surface area contributed by atoms with E-state index in [0.29, 0.717) is 25.1 Å². The minimum absolute atomic E-state index is 0.135. The maximum atomic E-state index is 13.5. The van der Waals surface area contributed by atoms with Crippen molar-refractivity contribution in [3.05, 3.63) is 119 Å². The lowest BCUT2D eigenvalue weighted by atomic mass is 9.99. The van der Waals surface area contributed by atoms with Crippen LogP contribution in [0.4, 0.5) is 8.78 Å². The molecule has 0 unspecified atom stereocenters. The number of rotatable bonds is 10. The van der Waals surface area contributed by atoms with Crippen LogP contribution < -0.4 is 4.72 Å². The van der Waals surface area contributed by atoms with Crippen molar-refractivity contribution in [3.8, 4) is 11.8 Å². The van der Waals surface area contributed by atoms with E-state index in [-0.39, 0.29) is 12.8 Å². The van der Waals surface area contributed by atoms with Crippen molar-refractivity contribution in [2.45, 2.75) is 43.5 Å². The molecule has 0 spiro atoms. The summed E-state index contributed by atoms with van der Waals surface area (Å²) in [4.78, 5) is 11.9. The molecular weight excluding hydrogens is 520 g/mol. The Morgan fingerprint density at radius 1 is 0.923 bits per heavy atom. The fourth-order valence-corrected chi connectivity index (χ4v) is 5.00. The third-order valence-corrected chi connectivity index (χ3v) is 7.35. The molecule has 1 aromatic heterocycles. The number of carbonyl (C=O) groups is 1. The molecule has 3 aromatic carbocycles. The van der Waals surface area contributed by atoms with E-state index in [1.807, 2.05) is 53.4 Å². The quantitative estimate of drug-likeness (QED) is 0.223. The number of sulfonamides is 1. The largest absolute Gasteiger partial charge is 0.274 e. The average molecular weight is 548 g/mol. The summed E-state index contributed by atoms with van der Waals surface area (Å²) >= 11 is 0. The highest BCUT2D eigenvalue weighted by Crippen LogP contribution is 2.17. The Kier molecular flexibility index (Phi) is 9.23. The van der Waals surface area contributed by atoms with E-state index >= 15 is 0 Å². The van der Waals surface area contributed by atoms with Crippen LogP contribution in [0.3, 0.4) is 0 Å².